The van der Waals surface area contributed by atoms with Gasteiger partial charge < -0.3 is 14.9 Å². The van der Waals surface area contributed by atoms with Crippen molar-refractivity contribution in [3.8, 4) is 0 Å². The zero-order chi connectivity index (χ0) is 15.1. The van der Waals surface area contributed by atoms with E-state index in [-0.39, 0.29) is 6.03 Å². The molecule has 1 aliphatic carbocycles. The van der Waals surface area contributed by atoms with Crippen molar-refractivity contribution >= 4 is 12.0 Å². The molecule has 0 aromatic rings. The fourth-order valence-corrected chi connectivity index (χ4v) is 4.30. The lowest BCUT2D eigenvalue weighted by atomic mass is 9.77. The molecule has 2 amide bonds. The quantitative estimate of drug-likeness (QED) is 0.808. The molecular formula is C16H26N2O3. The molecule has 1 N–H and O–H groups in total. The molecular weight excluding hydrogens is 268 g/mol. The van der Waals surface area contributed by atoms with Crippen molar-refractivity contribution in [1.29, 1.82) is 0 Å². The van der Waals surface area contributed by atoms with E-state index in [1.165, 1.54) is 25.7 Å². The van der Waals surface area contributed by atoms with Crippen LogP contribution in [0.3, 0.4) is 0 Å². The first-order valence-corrected chi connectivity index (χ1v) is 8.22. The Kier molecular flexibility index (Phi) is 3.62. The number of carboxylic acid groups (broad SMARTS) is 1. The first-order valence-electron chi connectivity index (χ1n) is 8.22. The van der Waals surface area contributed by atoms with Crippen LogP contribution < -0.4 is 0 Å². The fraction of sp³-hybridized carbons (Fsp3) is 0.875. The van der Waals surface area contributed by atoms with Gasteiger partial charge in [-0.1, -0.05) is 12.8 Å². The number of hydrogen-bond acceptors (Lipinski definition) is 2. The SMILES string of the molecule is CC1(C(=O)O)CCN(C(=O)N2CCC3(CCCC3)CC2)C1. The number of hydrogen-bond donors (Lipinski definition) is 1. The average Bonchev–Trinajstić information content (AvgIpc) is 3.07. The normalized spacial score (nSPS) is 31.9. The molecule has 3 rings (SSSR count). The highest BCUT2D eigenvalue weighted by Crippen LogP contribution is 2.46. The van der Waals surface area contributed by atoms with Gasteiger partial charge in [-0.2, -0.15) is 0 Å². The topological polar surface area (TPSA) is 60.9 Å². The molecule has 2 saturated heterocycles. The number of carboxylic acids is 1. The zero-order valence-corrected chi connectivity index (χ0v) is 12.9. The number of urea groups is 1. The van der Waals surface area contributed by atoms with Gasteiger partial charge in [0.25, 0.3) is 0 Å². The molecule has 118 valence electrons. The predicted octanol–water partition coefficient (Wildman–Crippen LogP) is 2.56. The van der Waals surface area contributed by atoms with E-state index in [1.807, 2.05) is 4.90 Å². The minimum absolute atomic E-state index is 0.0489. The highest BCUT2D eigenvalue weighted by atomic mass is 16.4. The molecule has 5 nitrogen and oxygen atoms in total. The summed E-state index contributed by atoms with van der Waals surface area (Å²) in [6, 6.07) is 0.0489. The number of amides is 2. The summed E-state index contributed by atoms with van der Waals surface area (Å²) in [7, 11) is 0. The molecule has 1 unspecified atom stereocenters. The van der Waals surface area contributed by atoms with E-state index in [1.54, 1.807) is 11.8 Å². The van der Waals surface area contributed by atoms with Crippen molar-refractivity contribution in [3.05, 3.63) is 0 Å². The number of nitrogens with zero attached hydrogens (tertiary/aromatic N) is 2. The molecule has 0 bridgehead atoms. The third-order valence-corrected chi connectivity index (χ3v) is 6.02. The Morgan fingerprint density at radius 3 is 2.00 bits per heavy atom. The van der Waals surface area contributed by atoms with Crippen LogP contribution in [0.5, 0.6) is 0 Å². The van der Waals surface area contributed by atoms with E-state index in [9.17, 15) is 14.7 Å². The molecule has 0 radical (unpaired) electrons. The molecule has 0 aromatic carbocycles. The Bertz CT molecular complexity index is 435. The second-order valence-corrected chi connectivity index (χ2v) is 7.51. The van der Waals surface area contributed by atoms with Gasteiger partial charge in [-0.25, -0.2) is 4.79 Å². The Labute approximate surface area is 126 Å². The largest absolute Gasteiger partial charge is 0.481 e. The summed E-state index contributed by atoms with van der Waals surface area (Å²) in [5, 5.41) is 9.27. The minimum atomic E-state index is -0.790. The zero-order valence-electron chi connectivity index (χ0n) is 12.9. The van der Waals surface area contributed by atoms with Crippen LogP contribution in [0.1, 0.15) is 51.9 Å². The summed E-state index contributed by atoms with van der Waals surface area (Å²) in [6.07, 6.45) is 8.16. The number of rotatable bonds is 1. The van der Waals surface area contributed by atoms with Crippen molar-refractivity contribution in [2.75, 3.05) is 26.2 Å². The van der Waals surface area contributed by atoms with Gasteiger partial charge in [-0.3, -0.25) is 4.79 Å². The standard InChI is InChI=1S/C16H26N2O3/c1-15(13(19)20)6-9-18(12-15)14(21)17-10-7-16(8-11-17)4-2-3-5-16/h2-12H2,1H3,(H,19,20). The molecule has 2 aliphatic heterocycles. The maximum atomic E-state index is 12.6. The van der Waals surface area contributed by atoms with Crippen molar-refractivity contribution in [3.63, 3.8) is 0 Å². The molecule has 21 heavy (non-hydrogen) atoms. The summed E-state index contributed by atoms with van der Waals surface area (Å²) in [6.45, 7) is 4.36. The number of likely N-dealkylation sites (tertiary alicyclic amines) is 2. The lowest BCUT2D eigenvalue weighted by molar-refractivity contribution is -0.147. The van der Waals surface area contributed by atoms with Gasteiger partial charge in [0.15, 0.2) is 0 Å². The number of carbonyl (C=O) groups excluding carboxylic acids is 1. The molecule has 1 saturated carbocycles. The van der Waals surface area contributed by atoms with Gasteiger partial charge in [-0.05, 0) is 44.4 Å². The summed E-state index contributed by atoms with van der Waals surface area (Å²) >= 11 is 0. The van der Waals surface area contributed by atoms with Crippen LogP contribution in [-0.2, 0) is 4.79 Å². The molecule has 1 atom stereocenters. The van der Waals surface area contributed by atoms with Crippen molar-refractivity contribution < 1.29 is 14.7 Å². The molecule has 3 fully saturated rings. The minimum Gasteiger partial charge on any atom is -0.481 e. The van der Waals surface area contributed by atoms with E-state index < -0.39 is 11.4 Å². The molecule has 0 aromatic heterocycles. The smallest absolute Gasteiger partial charge is 0.320 e. The predicted molar refractivity (Wildman–Crippen MR) is 79.0 cm³/mol. The number of carbonyl (C=O) groups is 2. The van der Waals surface area contributed by atoms with Crippen molar-refractivity contribution in [2.45, 2.75) is 51.9 Å². The molecule has 5 heteroatoms. The summed E-state index contributed by atoms with van der Waals surface area (Å²) in [5.74, 6) is -0.790. The van der Waals surface area contributed by atoms with Gasteiger partial charge in [0.1, 0.15) is 0 Å². The average molecular weight is 294 g/mol. The second kappa shape index (κ2) is 5.18. The highest BCUT2D eigenvalue weighted by molar-refractivity contribution is 5.79. The van der Waals surface area contributed by atoms with Crippen LogP contribution >= 0.6 is 0 Å². The van der Waals surface area contributed by atoms with Crippen LogP contribution in [0, 0.1) is 10.8 Å². The molecule has 2 heterocycles. The van der Waals surface area contributed by atoms with Gasteiger partial charge in [-0.15, -0.1) is 0 Å². The maximum absolute atomic E-state index is 12.6. The lowest BCUT2D eigenvalue weighted by Crippen LogP contribution is -2.48. The van der Waals surface area contributed by atoms with Gasteiger partial charge in [0, 0.05) is 26.2 Å². The van der Waals surface area contributed by atoms with Crippen molar-refractivity contribution in [1.82, 2.24) is 9.80 Å². The monoisotopic (exact) mass is 294 g/mol. The van der Waals surface area contributed by atoms with Gasteiger partial charge in [0.2, 0.25) is 0 Å². The summed E-state index contributed by atoms with van der Waals surface area (Å²) in [5.41, 5.74) is -0.254. The van der Waals surface area contributed by atoms with E-state index in [0.717, 1.165) is 25.9 Å². The van der Waals surface area contributed by atoms with E-state index in [2.05, 4.69) is 0 Å². The summed E-state index contributed by atoms with van der Waals surface area (Å²) in [4.78, 5) is 27.5. The van der Waals surface area contributed by atoms with Gasteiger partial charge >= 0.3 is 12.0 Å². The van der Waals surface area contributed by atoms with Crippen LogP contribution in [-0.4, -0.2) is 53.1 Å². The maximum Gasteiger partial charge on any atom is 0.320 e. The Morgan fingerprint density at radius 2 is 1.48 bits per heavy atom. The first kappa shape index (κ1) is 14.7. The number of aliphatic carboxylic acids is 1. The first-order chi connectivity index (χ1) is 9.94. The fourth-order valence-electron chi connectivity index (χ4n) is 4.30. The van der Waals surface area contributed by atoms with E-state index in [0.29, 0.717) is 24.9 Å². The van der Waals surface area contributed by atoms with Crippen LogP contribution in [0.2, 0.25) is 0 Å². The number of piperidine rings is 1. The van der Waals surface area contributed by atoms with E-state index in [4.69, 9.17) is 0 Å². The van der Waals surface area contributed by atoms with E-state index >= 15 is 0 Å². The van der Waals surface area contributed by atoms with Gasteiger partial charge in [0.05, 0.1) is 5.41 Å². The third-order valence-electron chi connectivity index (χ3n) is 6.02. The Morgan fingerprint density at radius 1 is 0.905 bits per heavy atom. The highest BCUT2D eigenvalue weighted by Gasteiger charge is 2.44. The Balaban J connectivity index is 1.56. The molecule has 3 aliphatic rings. The summed E-state index contributed by atoms with van der Waals surface area (Å²) < 4.78 is 0. The molecule has 1 spiro atoms. The van der Waals surface area contributed by atoms with Crippen LogP contribution in [0.4, 0.5) is 4.79 Å². The Hall–Kier alpha value is -1.26. The lowest BCUT2D eigenvalue weighted by Gasteiger charge is -2.40. The van der Waals surface area contributed by atoms with Crippen LogP contribution in [0.15, 0.2) is 0 Å². The second-order valence-electron chi connectivity index (χ2n) is 7.51. The van der Waals surface area contributed by atoms with Crippen molar-refractivity contribution in [2.24, 2.45) is 10.8 Å². The third kappa shape index (κ3) is 2.62. The van der Waals surface area contributed by atoms with Crippen LogP contribution in [0.25, 0.3) is 0 Å².